The fraction of sp³-hybridized carbons (Fsp3) is 0.561. The summed E-state index contributed by atoms with van der Waals surface area (Å²) >= 11 is 1.30. The van der Waals surface area contributed by atoms with E-state index in [1.54, 1.807) is 12.0 Å². The maximum Gasteiger partial charge on any atom is -1.00 e. The molecule has 0 heterocycles. The molecule has 4 bridgehead atoms. The molecule has 0 amide bonds. The van der Waals surface area contributed by atoms with Gasteiger partial charge in [-0.05, 0) is 91.2 Å². The average molecular weight is 709 g/mol. The first-order valence-electron chi connectivity index (χ1n) is 16.4. The van der Waals surface area contributed by atoms with E-state index in [4.69, 9.17) is 0 Å². The molecule has 0 spiro atoms. The molecule has 8 rings (SSSR count). The summed E-state index contributed by atoms with van der Waals surface area (Å²) in [6, 6.07) is 18.1. The number of rotatable bonds is 1. The van der Waals surface area contributed by atoms with Crippen molar-refractivity contribution in [3.05, 3.63) is 87.0 Å². The van der Waals surface area contributed by atoms with Crippen LogP contribution in [0.1, 0.15) is 125 Å². The minimum absolute atomic E-state index is 0. The van der Waals surface area contributed by atoms with Gasteiger partial charge in [0.05, 0.1) is 0 Å². The van der Waals surface area contributed by atoms with Crippen molar-refractivity contribution in [2.75, 3.05) is 0 Å². The Morgan fingerprint density at radius 3 is 1.77 bits per heavy atom. The van der Waals surface area contributed by atoms with Crippen molar-refractivity contribution < 1.29 is 49.0 Å². The van der Waals surface area contributed by atoms with Crippen molar-refractivity contribution in [3.8, 4) is 11.1 Å². The fourth-order valence-electron chi connectivity index (χ4n) is 9.56. The molecule has 3 heteroatoms. The summed E-state index contributed by atoms with van der Waals surface area (Å²) in [5.41, 5.74) is 15.2. The largest absolute Gasteiger partial charge is 1.00 e. The second-order valence-corrected chi connectivity index (χ2v) is 16.5. The first-order chi connectivity index (χ1) is 19.6. The van der Waals surface area contributed by atoms with Gasteiger partial charge >= 0.3 is 28.4 Å². The third-order valence-electron chi connectivity index (χ3n) is 11.4. The Bertz CT molecular complexity index is 1370. The molecular weight excluding hydrogens is 655 g/mol. The number of benzene rings is 2. The van der Waals surface area contributed by atoms with Crippen LogP contribution in [0.25, 0.3) is 11.1 Å². The predicted octanol–water partition coefficient (Wildman–Crippen LogP) is 4.67. The fourth-order valence-corrected chi connectivity index (χ4v) is 9.56. The molecule has 3 aromatic carbocycles. The van der Waals surface area contributed by atoms with E-state index in [0.29, 0.717) is 5.41 Å². The molecular formula is C41H54Cl2Zr-2. The average Bonchev–Trinajstić information content (AvgIpc) is 3.48. The minimum atomic E-state index is 0. The van der Waals surface area contributed by atoms with Gasteiger partial charge in [0, 0.05) is 0 Å². The molecule has 5 aliphatic carbocycles. The molecule has 0 aromatic heterocycles. The second kappa shape index (κ2) is 13.7. The van der Waals surface area contributed by atoms with E-state index in [1.165, 1.54) is 100.0 Å². The summed E-state index contributed by atoms with van der Waals surface area (Å²) in [4.78, 5) is 0. The summed E-state index contributed by atoms with van der Waals surface area (Å²) in [6.07, 6.45) is 8.67. The van der Waals surface area contributed by atoms with E-state index < -0.39 is 0 Å². The molecule has 4 saturated carbocycles. The van der Waals surface area contributed by atoms with Gasteiger partial charge in [0.1, 0.15) is 0 Å². The zero-order valence-electron chi connectivity index (χ0n) is 29.0. The molecule has 0 nitrogen and oxygen atoms in total. The Morgan fingerprint density at radius 1 is 0.773 bits per heavy atom. The van der Waals surface area contributed by atoms with Crippen LogP contribution in [0.15, 0.2) is 36.4 Å². The second-order valence-electron chi connectivity index (χ2n) is 16.5. The minimum Gasteiger partial charge on any atom is -1.00 e. The molecule has 0 saturated heterocycles. The number of halogens is 2. The standard InChI is InChI=1S/C23H29.C17H23.CH2.2ClH.Zr/c1-14-9-16-11-17-10-15(2)21(23(6,7)8)13-19(17)18(16)12-20(14)22(3,4)5;1-11-3-4-14(5-11)17(2)15-7-12-6-13(9-15)10-16(17)8-12;;;;/h9,12-13H,11H2,1-8H3;3-5,12-13,15-16H,6-10H2,1-2H3;1H2;2*1H;/q2*-1;;;;+2/p-2. The Hall–Kier alpha value is -0.877. The first-order valence-corrected chi connectivity index (χ1v) is 18.2. The van der Waals surface area contributed by atoms with Gasteiger partial charge in [0.15, 0.2) is 0 Å². The van der Waals surface area contributed by atoms with Gasteiger partial charge < -0.3 is 24.8 Å². The molecule has 238 valence electrons. The SMILES string of the molecule is Cc1[c-]c2c(cc1C(C)(C)C)-c1cc(C(C)(C)C)c(C)cc1C2.Cc1cc(C2(C)C3CC4CC(C3)CC2C4)c[cH-]1.[CH2]=[Zr+2].[Cl-].[Cl-]. The summed E-state index contributed by atoms with van der Waals surface area (Å²) < 4.78 is 3.34. The zero-order valence-corrected chi connectivity index (χ0v) is 32.9. The number of fused-ring (bicyclic) bond motifs is 3. The van der Waals surface area contributed by atoms with Crippen LogP contribution in [0.4, 0.5) is 0 Å². The zero-order chi connectivity index (χ0) is 30.8. The van der Waals surface area contributed by atoms with Crippen LogP contribution in [-0.2, 0) is 46.9 Å². The molecule has 0 radical (unpaired) electrons. The van der Waals surface area contributed by atoms with Gasteiger partial charge in [-0.3, -0.25) is 0 Å². The van der Waals surface area contributed by atoms with Gasteiger partial charge in [-0.25, -0.2) is 6.07 Å². The Kier molecular flexibility index (Phi) is 11.7. The number of aryl methyl sites for hydroxylation is 3. The topological polar surface area (TPSA) is 0 Å². The van der Waals surface area contributed by atoms with E-state index in [1.807, 2.05) is 0 Å². The maximum absolute atomic E-state index is 3.69. The van der Waals surface area contributed by atoms with Gasteiger partial charge in [-0.2, -0.15) is 41.0 Å². The monoisotopic (exact) mass is 706 g/mol. The quantitative estimate of drug-likeness (QED) is 0.253. The van der Waals surface area contributed by atoms with E-state index in [9.17, 15) is 0 Å². The molecule has 0 atom stereocenters. The molecule has 44 heavy (non-hydrogen) atoms. The van der Waals surface area contributed by atoms with Gasteiger partial charge in [0.2, 0.25) is 0 Å². The predicted molar refractivity (Wildman–Crippen MR) is 179 cm³/mol. The third kappa shape index (κ3) is 6.88. The first kappa shape index (κ1) is 37.6. The van der Waals surface area contributed by atoms with E-state index >= 15 is 0 Å². The Labute approximate surface area is 297 Å². The Morgan fingerprint density at radius 2 is 1.30 bits per heavy atom. The van der Waals surface area contributed by atoms with Crippen molar-refractivity contribution >= 4 is 4.21 Å². The van der Waals surface area contributed by atoms with Crippen molar-refractivity contribution in [2.24, 2.45) is 23.7 Å². The van der Waals surface area contributed by atoms with Crippen molar-refractivity contribution in [1.82, 2.24) is 0 Å². The number of hydrogen-bond donors (Lipinski definition) is 0. The van der Waals surface area contributed by atoms with E-state index in [-0.39, 0.29) is 35.6 Å². The van der Waals surface area contributed by atoms with Crippen LogP contribution in [0.3, 0.4) is 0 Å². The molecule has 0 N–H and O–H groups in total. The van der Waals surface area contributed by atoms with Crippen molar-refractivity contribution in [2.45, 2.75) is 124 Å². The van der Waals surface area contributed by atoms with E-state index in [0.717, 1.165) is 30.1 Å². The van der Waals surface area contributed by atoms with Crippen LogP contribution in [-0.4, -0.2) is 4.21 Å². The smallest absolute Gasteiger partial charge is 1.00 e. The molecule has 4 fully saturated rings. The van der Waals surface area contributed by atoms with Gasteiger partial charge in [-0.1, -0.05) is 90.8 Å². The van der Waals surface area contributed by atoms with Crippen LogP contribution in [0.2, 0.25) is 0 Å². The maximum atomic E-state index is 3.69. The molecule has 5 aliphatic rings. The van der Waals surface area contributed by atoms with Crippen molar-refractivity contribution in [3.63, 3.8) is 0 Å². The van der Waals surface area contributed by atoms with Crippen LogP contribution >= 0.6 is 0 Å². The molecule has 3 aromatic rings. The molecule has 0 unspecified atom stereocenters. The van der Waals surface area contributed by atoms with Crippen LogP contribution < -0.4 is 24.8 Å². The van der Waals surface area contributed by atoms with E-state index in [2.05, 4.69) is 116 Å². The summed E-state index contributed by atoms with van der Waals surface area (Å²) in [7, 11) is 0. The summed E-state index contributed by atoms with van der Waals surface area (Å²) in [6.45, 7) is 23.1. The third-order valence-corrected chi connectivity index (χ3v) is 11.4. The molecule has 0 aliphatic heterocycles. The van der Waals surface area contributed by atoms with Gasteiger partial charge in [0.25, 0.3) is 0 Å². The Balaban J connectivity index is 0.000000225. The van der Waals surface area contributed by atoms with Crippen molar-refractivity contribution in [1.29, 1.82) is 0 Å². The summed E-state index contributed by atoms with van der Waals surface area (Å²) in [5.74, 6) is 4.14. The van der Waals surface area contributed by atoms with Gasteiger partial charge in [-0.15, -0.1) is 16.7 Å². The number of hydrogen-bond acceptors (Lipinski definition) is 0. The normalized spacial score (nSPS) is 25.8. The van der Waals surface area contributed by atoms with Crippen LogP contribution in [0.5, 0.6) is 0 Å². The van der Waals surface area contributed by atoms with Crippen LogP contribution in [0, 0.1) is 50.5 Å². The summed E-state index contributed by atoms with van der Waals surface area (Å²) in [5, 5.41) is 0.